The van der Waals surface area contributed by atoms with Crippen LogP contribution in [-0.2, 0) is 20.0 Å². The number of H-pyrrole nitrogens is 1. The Labute approximate surface area is 118 Å². The van der Waals surface area contributed by atoms with E-state index in [0.717, 1.165) is 5.82 Å². The zero-order valence-electron chi connectivity index (χ0n) is 11.3. The van der Waals surface area contributed by atoms with Gasteiger partial charge in [0.2, 0.25) is 0 Å². The van der Waals surface area contributed by atoms with Gasteiger partial charge in [0.1, 0.15) is 12.2 Å². The molecule has 0 aliphatic carbocycles. The van der Waals surface area contributed by atoms with E-state index >= 15 is 0 Å². The lowest BCUT2D eigenvalue weighted by Crippen LogP contribution is -2.18. The zero-order chi connectivity index (χ0) is 15.0. The summed E-state index contributed by atoms with van der Waals surface area (Å²) < 4.78 is 3.36. The van der Waals surface area contributed by atoms with Gasteiger partial charge in [0.25, 0.3) is 0 Å². The number of aromatic nitrogens is 5. The highest BCUT2D eigenvalue weighted by Crippen LogP contribution is 2.13. The van der Waals surface area contributed by atoms with Crippen LogP contribution in [0.1, 0.15) is 16.2 Å². The summed E-state index contributed by atoms with van der Waals surface area (Å²) in [7, 11) is 1.84. The molecule has 0 saturated heterocycles. The van der Waals surface area contributed by atoms with E-state index in [1.807, 2.05) is 7.05 Å². The van der Waals surface area contributed by atoms with Crippen molar-refractivity contribution in [2.24, 2.45) is 7.05 Å². The van der Waals surface area contributed by atoms with Crippen molar-refractivity contribution in [2.45, 2.75) is 13.0 Å². The van der Waals surface area contributed by atoms with E-state index < -0.39 is 5.97 Å². The molecule has 1 aromatic carbocycles. The Kier molecular flexibility index (Phi) is 3.05. The smallest absolute Gasteiger partial charge is 0.335 e. The van der Waals surface area contributed by atoms with Crippen LogP contribution in [0.2, 0.25) is 0 Å². The van der Waals surface area contributed by atoms with E-state index in [4.69, 9.17) is 5.11 Å². The number of carboxylic acid groups (broad SMARTS) is 1. The molecular formula is C13H13N5O3. The topological polar surface area (TPSA) is 106 Å². The highest BCUT2D eigenvalue weighted by Gasteiger charge is 2.11. The molecule has 2 N–H and O–H groups in total. The number of carbonyl (C=O) groups is 1. The average molecular weight is 287 g/mol. The van der Waals surface area contributed by atoms with Gasteiger partial charge < -0.3 is 14.7 Å². The Balaban J connectivity index is 1.95. The molecule has 0 amide bonds. The fourth-order valence-electron chi connectivity index (χ4n) is 2.26. The summed E-state index contributed by atoms with van der Waals surface area (Å²) in [6.45, 7) is 0.442. The molecule has 0 bridgehead atoms. The number of benzene rings is 1. The van der Waals surface area contributed by atoms with Gasteiger partial charge in [0.05, 0.1) is 16.6 Å². The third kappa shape index (κ3) is 2.31. The predicted molar refractivity (Wildman–Crippen MR) is 74.2 cm³/mol. The average Bonchev–Trinajstić information content (AvgIpc) is 2.98. The zero-order valence-corrected chi connectivity index (χ0v) is 11.3. The van der Waals surface area contributed by atoms with Gasteiger partial charge in [0, 0.05) is 20.0 Å². The number of nitrogens with one attached hydrogen (secondary N) is 1. The molecule has 2 aromatic heterocycles. The van der Waals surface area contributed by atoms with Crippen molar-refractivity contribution in [1.29, 1.82) is 0 Å². The molecule has 108 valence electrons. The van der Waals surface area contributed by atoms with Gasteiger partial charge in [-0.3, -0.25) is 4.57 Å². The summed E-state index contributed by atoms with van der Waals surface area (Å²) in [5.41, 5.74) is 1.06. The van der Waals surface area contributed by atoms with Crippen LogP contribution in [-0.4, -0.2) is 35.4 Å². The second-order valence-electron chi connectivity index (χ2n) is 4.73. The molecule has 8 nitrogen and oxygen atoms in total. The van der Waals surface area contributed by atoms with E-state index in [9.17, 15) is 9.59 Å². The van der Waals surface area contributed by atoms with E-state index in [1.165, 1.54) is 12.1 Å². The molecule has 0 fully saturated rings. The van der Waals surface area contributed by atoms with Crippen LogP contribution in [0.5, 0.6) is 0 Å². The molecule has 0 aliphatic heterocycles. The van der Waals surface area contributed by atoms with E-state index in [1.54, 1.807) is 21.5 Å². The maximum absolute atomic E-state index is 12.0. The summed E-state index contributed by atoms with van der Waals surface area (Å²) in [4.78, 5) is 25.6. The molecule has 2 heterocycles. The van der Waals surface area contributed by atoms with E-state index in [2.05, 4.69) is 15.2 Å². The van der Waals surface area contributed by atoms with Crippen LogP contribution in [0.3, 0.4) is 0 Å². The standard InChI is InChI=1S/C13H13N5O3/c1-17-7-14-16-11(17)4-5-18-10-3-2-8(12(19)20)6-9(10)15-13(18)21/h2-3,6-7H,4-5H2,1H3,(H,15,21)(H,19,20). The predicted octanol–water partition coefficient (Wildman–Crippen LogP) is 0.399. The first kappa shape index (κ1) is 13.1. The quantitative estimate of drug-likeness (QED) is 0.722. The molecule has 0 saturated carbocycles. The summed E-state index contributed by atoms with van der Waals surface area (Å²) in [6, 6.07) is 4.57. The third-order valence-corrected chi connectivity index (χ3v) is 3.39. The minimum absolute atomic E-state index is 0.143. The monoisotopic (exact) mass is 287 g/mol. The van der Waals surface area contributed by atoms with Crippen LogP contribution in [0.4, 0.5) is 0 Å². The van der Waals surface area contributed by atoms with Gasteiger partial charge in [-0.15, -0.1) is 10.2 Å². The SMILES string of the molecule is Cn1cnnc1CCn1c(=O)[nH]c2cc(C(=O)O)ccc21. The van der Waals surface area contributed by atoms with Crippen LogP contribution >= 0.6 is 0 Å². The Morgan fingerprint density at radius 1 is 1.43 bits per heavy atom. The van der Waals surface area contributed by atoms with Crippen LogP contribution < -0.4 is 5.69 Å². The van der Waals surface area contributed by atoms with Gasteiger partial charge >= 0.3 is 11.7 Å². The van der Waals surface area contributed by atoms with E-state index in [-0.39, 0.29) is 11.3 Å². The maximum atomic E-state index is 12.0. The lowest BCUT2D eigenvalue weighted by Gasteiger charge is -2.03. The number of rotatable bonds is 4. The molecule has 3 aromatic rings. The van der Waals surface area contributed by atoms with Crippen molar-refractivity contribution >= 4 is 17.0 Å². The maximum Gasteiger partial charge on any atom is 0.335 e. The van der Waals surface area contributed by atoms with Crippen molar-refractivity contribution in [3.63, 3.8) is 0 Å². The molecule has 0 aliphatic rings. The molecule has 8 heteroatoms. The Bertz CT molecular complexity index is 873. The molecular weight excluding hydrogens is 274 g/mol. The minimum atomic E-state index is -1.02. The Morgan fingerprint density at radius 3 is 2.90 bits per heavy atom. The highest BCUT2D eigenvalue weighted by molar-refractivity contribution is 5.92. The second kappa shape index (κ2) is 4.89. The molecule has 0 spiro atoms. The number of hydrogen-bond acceptors (Lipinski definition) is 4. The second-order valence-corrected chi connectivity index (χ2v) is 4.73. The first-order valence-corrected chi connectivity index (χ1v) is 6.35. The molecule has 0 unspecified atom stereocenters. The first-order chi connectivity index (χ1) is 10.1. The lowest BCUT2D eigenvalue weighted by molar-refractivity contribution is 0.0697. The summed E-state index contributed by atoms with van der Waals surface area (Å²) in [5, 5.41) is 16.7. The summed E-state index contributed by atoms with van der Waals surface area (Å²) in [5.74, 6) is -0.247. The van der Waals surface area contributed by atoms with E-state index in [0.29, 0.717) is 24.0 Å². The Morgan fingerprint density at radius 2 is 2.24 bits per heavy atom. The van der Waals surface area contributed by atoms with Crippen molar-refractivity contribution in [3.05, 3.63) is 46.4 Å². The normalized spacial score (nSPS) is 11.1. The largest absolute Gasteiger partial charge is 0.478 e. The van der Waals surface area contributed by atoms with Crippen LogP contribution in [0, 0.1) is 0 Å². The summed E-state index contributed by atoms with van der Waals surface area (Å²) >= 11 is 0. The van der Waals surface area contributed by atoms with Gasteiger partial charge in [-0.05, 0) is 18.2 Å². The number of carboxylic acids is 1. The highest BCUT2D eigenvalue weighted by atomic mass is 16.4. The molecule has 3 rings (SSSR count). The number of aromatic carboxylic acids is 1. The van der Waals surface area contributed by atoms with Crippen molar-refractivity contribution in [3.8, 4) is 0 Å². The minimum Gasteiger partial charge on any atom is -0.478 e. The first-order valence-electron chi connectivity index (χ1n) is 6.35. The summed E-state index contributed by atoms with van der Waals surface area (Å²) in [6.07, 6.45) is 2.16. The van der Waals surface area contributed by atoms with Crippen molar-refractivity contribution in [2.75, 3.05) is 0 Å². The van der Waals surface area contributed by atoms with Crippen LogP contribution in [0.25, 0.3) is 11.0 Å². The van der Waals surface area contributed by atoms with Gasteiger partial charge in [0.15, 0.2) is 0 Å². The molecule has 0 radical (unpaired) electrons. The number of hydrogen-bond donors (Lipinski definition) is 2. The number of fused-ring (bicyclic) bond motifs is 1. The number of imidazole rings is 1. The van der Waals surface area contributed by atoms with Gasteiger partial charge in [-0.1, -0.05) is 0 Å². The van der Waals surface area contributed by atoms with Crippen molar-refractivity contribution < 1.29 is 9.90 Å². The Hall–Kier alpha value is -2.90. The fraction of sp³-hybridized carbons (Fsp3) is 0.231. The number of nitrogens with zero attached hydrogens (tertiary/aromatic N) is 4. The van der Waals surface area contributed by atoms with Crippen molar-refractivity contribution in [1.82, 2.24) is 24.3 Å². The number of aromatic amines is 1. The molecule has 21 heavy (non-hydrogen) atoms. The fourth-order valence-corrected chi connectivity index (χ4v) is 2.26. The van der Waals surface area contributed by atoms with Gasteiger partial charge in [-0.2, -0.15) is 0 Å². The number of aryl methyl sites for hydroxylation is 3. The lowest BCUT2D eigenvalue weighted by atomic mass is 10.2. The van der Waals surface area contributed by atoms with Gasteiger partial charge in [-0.25, -0.2) is 9.59 Å². The van der Waals surface area contributed by atoms with Crippen LogP contribution in [0.15, 0.2) is 29.3 Å². The molecule has 0 atom stereocenters. The third-order valence-electron chi connectivity index (χ3n) is 3.39.